The number of pyridine rings is 3. The average molecular weight is 415 g/mol. The molecular formula is C24H25N5O2. The van der Waals surface area contributed by atoms with E-state index in [9.17, 15) is 9.59 Å². The minimum Gasteiger partial charge on any atom is -0.376 e. The van der Waals surface area contributed by atoms with Crippen molar-refractivity contribution in [2.75, 3.05) is 18.4 Å². The van der Waals surface area contributed by atoms with Crippen LogP contribution in [0, 0.1) is 0 Å². The number of carbonyl (C=O) groups excluding carboxylic acids is 1. The molecule has 2 N–H and O–H groups in total. The number of amides is 1. The quantitative estimate of drug-likeness (QED) is 0.604. The van der Waals surface area contributed by atoms with Gasteiger partial charge in [0.15, 0.2) is 0 Å². The van der Waals surface area contributed by atoms with Crippen LogP contribution in [-0.2, 0) is 11.2 Å². The van der Waals surface area contributed by atoms with Crippen molar-refractivity contribution < 1.29 is 4.79 Å². The zero-order valence-electron chi connectivity index (χ0n) is 17.2. The van der Waals surface area contributed by atoms with Crippen molar-refractivity contribution in [3.63, 3.8) is 0 Å². The number of hydrogen-bond donors (Lipinski definition) is 2. The van der Waals surface area contributed by atoms with Crippen molar-refractivity contribution in [2.24, 2.45) is 0 Å². The second-order valence-electron chi connectivity index (χ2n) is 7.56. The molecule has 1 saturated heterocycles. The maximum Gasteiger partial charge on any atom is 0.271 e. The van der Waals surface area contributed by atoms with Crippen LogP contribution in [0.5, 0.6) is 0 Å². The maximum absolute atomic E-state index is 12.6. The zero-order chi connectivity index (χ0) is 21.5. The first-order chi connectivity index (χ1) is 15.2. The minimum atomic E-state index is -0.170. The van der Waals surface area contributed by atoms with Gasteiger partial charge in [0.1, 0.15) is 5.69 Å². The molecule has 1 aliphatic heterocycles. The zero-order valence-corrected chi connectivity index (χ0v) is 17.2. The molecule has 4 rings (SSSR count). The fourth-order valence-electron chi connectivity index (χ4n) is 3.72. The van der Waals surface area contributed by atoms with Gasteiger partial charge in [0.05, 0.1) is 0 Å². The Hall–Kier alpha value is -3.74. The SMILES string of the molecule is O=C(C=CCc1ccccn1)N1CCC[C@@H](Nc2cc(-c3ccncc3)c[nH]c2=O)C1. The lowest BCUT2D eigenvalue weighted by Crippen LogP contribution is -2.45. The average Bonchev–Trinajstić information content (AvgIpc) is 2.82. The number of nitrogens with zero attached hydrogens (tertiary/aromatic N) is 3. The van der Waals surface area contributed by atoms with E-state index in [4.69, 9.17) is 0 Å². The molecule has 0 saturated carbocycles. The van der Waals surface area contributed by atoms with E-state index < -0.39 is 0 Å². The summed E-state index contributed by atoms with van der Waals surface area (Å²) in [7, 11) is 0. The Morgan fingerprint density at radius 1 is 1.19 bits per heavy atom. The number of allylic oxidation sites excluding steroid dienone is 1. The van der Waals surface area contributed by atoms with Gasteiger partial charge in [0, 0.05) is 61.6 Å². The lowest BCUT2D eigenvalue weighted by molar-refractivity contribution is -0.127. The summed E-state index contributed by atoms with van der Waals surface area (Å²) >= 11 is 0. The van der Waals surface area contributed by atoms with Crippen molar-refractivity contribution in [1.29, 1.82) is 0 Å². The fourth-order valence-corrected chi connectivity index (χ4v) is 3.72. The summed E-state index contributed by atoms with van der Waals surface area (Å²) in [5, 5.41) is 3.34. The summed E-state index contributed by atoms with van der Waals surface area (Å²) in [5.41, 5.74) is 3.16. The molecule has 0 aliphatic carbocycles. The number of hydrogen-bond acceptors (Lipinski definition) is 5. The number of likely N-dealkylation sites (tertiary alicyclic amines) is 1. The van der Waals surface area contributed by atoms with E-state index in [1.54, 1.807) is 30.9 Å². The van der Waals surface area contributed by atoms with Gasteiger partial charge < -0.3 is 15.2 Å². The third kappa shape index (κ3) is 5.45. The summed E-state index contributed by atoms with van der Waals surface area (Å²) in [4.78, 5) is 37.9. The molecule has 0 unspecified atom stereocenters. The molecule has 158 valence electrons. The van der Waals surface area contributed by atoms with E-state index in [-0.39, 0.29) is 17.5 Å². The molecule has 7 heteroatoms. The van der Waals surface area contributed by atoms with Gasteiger partial charge in [0.25, 0.3) is 5.56 Å². The molecule has 7 nitrogen and oxygen atoms in total. The normalized spacial score (nSPS) is 16.4. The molecule has 1 amide bonds. The van der Waals surface area contributed by atoms with Crippen molar-refractivity contribution >= 4 is 11.6 Å². The van der Waals surface area contributed by atoms with E-state index in [2.05, 4.69) is 20.3 Å². The number of H-pyrrole nitrogens is 1. The summed E-state index contributed by atoms with van der Waals surface area (Å²) in [5.74, 6) is -0.0122. The van der Waals surface area contributed by atoms with Crippen LogP contribution in [0.3, 0.4) is 0 Å². The van der Waals surface area contributed by atoms with Crippen LogP contribution in [-0.4, -0.2) is 44.9 Å². The van der Waals surface area contributed by atoms with E-state index in [0.717, 1.165) is 36.2 Å². The Labute approximate surface area is 180 Å². The molecule has 1 fully saturated rings. The fraction of sp³-hybridized carbons (Fsp3) is 0.250. The van der Waals surface area contributed by atoms with Crippen LogP contribution in [0.4, 0.5) is 5.69 Å². The van der Waals surface area contributed by atoms with Gasteiger partial charge >= 0.3 is 0 Å². The predicted octanol–water partition coefficient (Wildman–Crippen LogP) is 3.03. The lowest BCUT2D eigenvalue weighted by Gasteiger charge is -2.33. The van der Waals surface area contributed by atoms with Crippen LogP contribution in [0.15, 0.2) is 78.1 Å². The molecule has 4 heterocycles. The molecule has 0 bridgehead atoms. The highest BCUT2D eigenvalue weighted by molar-refractivity contribution is 5.87. The molecule has 1 aliphatic rings. The maximum atomic E-state index is 12.6. The Balaban J connectivity index is 1.39. The highest BCUT2D eigenvalue weighted by Gasteiger charge is 2.23. The van der Waals surface area contributed by atoms with E-state index >= 15 is 0 Å². The molecular weight excluding hydrogens is 390 g/mol. The summed E-state index contributed by atoms with van der Waals surface area (Å²) in [6.45, 7) is 1.28. The highest BCUT2D eigenvalue weighted by atomic mass is 16.2. The molecule has 31 heavy (non-hydrogen) atoms. The van der Waals surface area contributed by atoms with Gasteiger partial charge in [-0.1, -0.05) is 12.1 Å². The second kappa shape index (κ2) is 9.84. The third-order valence-electron chi connectivity index (χ3n) is 5.32. The van der Waals surface area contributed by atoms with Crippen LogP contribution in [0.25, 0.3) is 11.1 Å². The molecule has 3 aromatic heterocycles. The van der Waals surface area contributed by atoms with Gasteiger partial charge in [-0.25, -0.2) is 0 Å². The Morgan fingerprint density at radius 3 is 2.87 bits per heavy atom. The van der Waals surface area contributed by atoms with E-state index in [1.165, 1.54) is 0 Å². The first kappa shape index (κ1) is 20.5. The van der Waals surface area contributed by atoms with E-state index in [1.807, 2.05) is 47.4 Å². The van der Waals surface area contributed by atoms with Gasteiger partial charge in [0.2, 0.25) is 5.91 Å². The Bertz CT molecular complexity index is 1100. The smallest absolute Gasteiger partial charge is 0.271 e. The number of piperidine rings is 1. The Kier molecular flexibility index (Phi) is 6.52. The van der Waals surface area contributed by atoms with Crippen molar-refractivity contribution in [3.05, 3.63) is 89.4 Å². The van der Waals surface area contributed by atoms with Crippen LogP contribution in [0.1, 0.15) is 18.5 Å². The standard InChI is InChI=1S/C24H25N5O2/c30-23(8-3-6-20-5-1-2-11-26-20)29-14-4-7-21(17-29)28-22-15-19(16-27-24(22)31)18-9-12-25-13-10-18/h1-3,5,8-13,15-16,21,28H,4,6-7,14,17H2,(H,27,31)/t21-/m1/s1. The summed E-state index contributed by atoms with van der Waals surface area (Å²) < 4.78 is 0. The number of anilines is 1. The minimum absolute atomic E-state index is 0.0122. The van der Waals surface area contributed by atoms with Gasteiger partial charge in [-0.05, 0) is 54.8 Å². The summed E-state index contributed by atoms with van der Waals surface area (Å²) in [6.07, 6.45) is 12.8. The summed E-state index contributed by atoms with van der Waals surface area (Å²) in [6, 6.07) is 11.4. The molecule has 0 spiro atoms. The number of nitrogens with one attached hydrogen (secondary N) is 2. The topological polar surface area (TPSA) is 91.0 Å². The van der Waals surface area contributed by atoms with Crippen molar-refractivity contribution in [3.8, 4) is 11.1 Å². The Morgan fingerprint density at radius 2 is 2.06 bits per heavy atom. The molecule has 0 aromatic carbocycles. The number of carbonyl (C=O) groups is 1. The van der Waals surface area contributed by atoms with Crippen LogP contribution in [0.2, 0.25) is 0 Å². The number of aromatic amines is 1. The predicted molar refractivity (Wildman–Crippen MR) is 121 cm³/mol. The number of aromatic nitrogens is 3. The first-order valence-corrected chi connectivity index (χ1v) is 10.4. The largest absolute Gasteiger partial charge is 0.376 e. The molecule has 3 aromatic rings. The first-order valence-electron chi connectivity index (χ1n) is 10.4. The van der Waals surface area contributed by atoms with Crippen molar-refractivity contribution in [1.82, 2.24) is 19.9 Å². The number of rotatable bonds is 6. The monoisotopic (exact) mass is 415 g/mol. The van der Waals surface area contributed by atoms with E-state index in [0.29, 0.717) is 18.7 Å². The van der Waals surface area contributed by atoms with Gasteiger partial charge in [-0.15, -0.1) is 0 Å². The molecule has 1 atom stereocenters. The highest BCUT2D eigenvalue weighted by Crippen LogP contribution is 2.20. The van der Waals surface area contributed by atoms with Crippen LogP contribution >= 0.6 is 0 Å². The van der Waals surface area contributed by atoms with Crippen molar-refractivity contribution in [2.45, 2.75) is 25.3 Å². The third-order valence-corrected chi connectivity index (χ3v) is 5.32. The second-order valence-corrected chi connectivity index (χ2v) is 7.56. The van der Waals surface area contributed by atoms with Crippen LogP contribution < -0.4 is 10.9 Å². The van der Waals surface area contributed by atoms with Gasteiger partial charge in [-0.3, -0.25) is 19.6 Å². The molecule has 0 radical (unpaired) electrons. The lowest BCUT2D eigenvalue weighted by atomic mass is 10.0. The van der Waals surface area contributed by atoms with Gasteiger partial charge in [-0.2, -0.15) is 0 Å².